The second kappa shape index (κ2) is 10.5. The number of benzene rings is 1. The minimum Gasteiger partial charge on any atom is -0.510 e. The minimum atomic E-state index is -2.65. The third-order valence-electron chi connectivity index (χ3n) is 8.00. The molecule has 9 N–H and O–H groups in total. The molecule has 3 aliphatic rings. The molecule has 5 atom stereocenters. The van der Waals surface area contributed by atoms with Crippen LogP contribution >= 0.6 is 11.6 Å². The number of phenols is 1. The summed E-state index contributed by atoms with van der Waals surface area (Å²) in [6, 6.07) is -0.644. The van der Waals surface area contributed by atoms with E-state index in [1.54, 1.807) is 33.1 Å². The molecule has 0 aromatic heterocycles. The quantitative estimate of drug-likeness (QED) is 0.163. The summed E-state index contributed by atoms with van der Waals surface area (Å²) in [4.78, 5) is 53.2. The number of fused-ring (bicyclic) bond motifs is 3. The number of hydrogen-bond acceptors (Lipinski definition) is 11. The van der Waals surface area contributed by atoms with Crippen molar-refractivity contribution in [2.45, 2.75) is 30.6 Å². The highest BCUT2D eigenvalue weighted by Crippen LogP contribution is 2.54. The fourth-order valence-corrected chi connectivity index (χ4v) is 6.35. The highest BCUT2D eigenvalue weighted by molar-refractivity contribution is 6.28. The van der Waals surface area contributed by atoms with Crippen LogP contribution in [0.25, 0.3) is 5.76 Å². The molecule has 1 aromatic rings. The van der Waals surface area contributed by atoms with Crippen LogP contribution in [0, 0.1) is 11.8 Å². The molecule has 15 heteroatoms. The van der Waals surface area contributed by atoms with Gasteiger partial charge in [0.2, 0.25) is 5.91 Å². The molecular formula is C26H32ClN5O9. The van der Waals surface area contributed by atoms with Crippen molar-refractivity contribution >= 4 is 52.4 Å². The molecule has 4 amide bonds. The number of urea groups is 1. The fourth-order valence-electron chi connectivity index (χ4n) is 6.28. The fraction of sp³-hybridized carbons (Fsp3) is 0.462. The number of halogens is 1. The van der Waals surface area contributed by atoms with Gasteiger partial charge < -0.3 is 41.5 Å². The number of amides is 4. The van der Waals surface area contributed by atoms with Crippen molar-refractivity contribution in [1.29, 1.82) is 0 Å². The van der Waals surface area contributed by atoms with E-state index in [4.69, 9.17) is 17.3 Å². The number of nitrogens with one attached hydrogen (secondary N) is 2. The summed E-state index contributed by atoms with van der Waals surface area (Å²) >= 11 is 5.42. The van der Waals surface area contributed by atoms with E-state index in [1.807, 2.05) is 5.32 Å². The Morgan fingerprint density at radius 3 is 2.34 bits per heavy atom. The van der Waals surface area contributed by atoms with Crippen LogP contribution in [0.4, 0.5) is 16.2 Å². The van der Waals surface area contributed by atoms with Gasteiger partial charge in [-0.15, -0.1) is 11.6 Å². The number of anilines is 2. The van der Waals surface area contributed by atoms with Crippen LogP contribution in [0.1, 0.15) is 17.5 Å². The maximum absolute atomic E-state index is 14.0. The van der Waals surface area contributed by atoms with E-state index in [0.29, 0.717) is 11.3 Å². The number of aromatic hydroxyl groups is 1. The molecule has 4 rings (SSSR count). The van der Waals surface area contributed by atoms with Gasteiger partial charge in [0.05, 0.1) is 22.9 Å². The SMILES string of the molecule is CN(C)c1cc(NC(=O)NC(=O)CCl)c(O)c2c1C[C@H]1C[C@H]3[C@H](N(C)C)C(O)=C(C(N)=O)C(O)[C@@]3(O)C(=O)C1=C2O. The van der Waals surface area contributed by atoms with Gasteiger partial charge in [-0.1, -0.05) is 0 Å². The van der Waals surface area contributed by atoms with E-state index in [1.165, 1.54) is 11.0 Å². The van der Waals surface area contributed by atoms with Crippen molar-refractivity contribution < 1.29 is 44.7 Å². The number of aliphatic hydroxyl groups excluding tert-OH is 3. The summed E-state index contributed by atoms with van der Waals surface area (Å²) in [7, 11) is 6.49. The molecule has 1 unspecified atom stereocenters. The summed E-state index contributed by atoms with van der Waals surface area (Å²) in [6.07, 6.45) is -2.11. The number of alkyl halides is 1. The second-order valence-corrected chi connectivity index (χ2v) is 11.1. The Bertz CT molecular complexity index is 1420. The largest absolute Gasteiger partial charge is 0.510 e. The average molecular weight is 594 g/mol. The first-order valence-electron chi connectivity index (χ1n) is 12.6. The molecule has 41 heavy (non-hydrogen) atoms. The van der Waals surface area contributed by atoms with Gasteiger partial charge in [-0.05, 0) is 44.5 Å². The lowest BCUT2D eigenvalue weighted by Crippen LogP contribution is -2.68. The van der Waals surface area contributed by atoms with Crippen molar-refractivity contribution in [3.05, 3.63) is 34.1 Å². The van der Waals surface area contributed by atoms with Gasteiger partial charge in [0.1, 0.15) is 23.5 Å². The Morgan fingerprint density at radius 1 is 1.17 bits per heavy atom. The third-order valence-corrected chi connectivity index (χ3v) is 8.24. The van der Waals surface area contributed by atoms with Crippen molar-refractivity contribution in [2.75, 3.05) is 44.3 Å². The number of imide groups is 1. The number of phenolic OH excluding ortho intramolecular Hbond substituents is 1. The van der Waals surface area contributed by atoms with Gasteiger partial charge in [0, 0.05) is 31.3 Å². The number of nitrogens with zero attached hydrogens (tertiary/aromatic N) is 2. The first-order valence-corrected chi connectivity index (χ1v) is 13.1. The molecule has 0 spiro atoms. The minimum absolute atomic E-state index is 0.00629. The number of aliphatic hydroxyl groups is 4. The predicted octanol–water partition coefficient (Wildman–Crippen LogP) is -0.291. The van der Waals surface area contributed by atoms with Gasteiger partial charge in [-0.25, -0.2) is 4.79 Å². The van der Waals surface area contributed by atoms with Crippen LogP contribution in [0.5, 0.6) is 5.75 Å². The molecule has 0 heterocycles. The van der Waals surface area contributed by atoms with Crippen LogP contribution in [-0.2, 0) is 20.8 Å². The van der Waals surface area contributed by atoms with E-state index < -0.39 is 81.9 Å². The van der Waals surface area contributed by atoms with Gasteiger partial charge >= 0.3 is 6.03 Å². The van der Waals surface area contributed by atoms with Gasteiger partial charge in [-0.3, -0.25) is 24.6 Å². The zero-order chi connectivity index (χ0) is 30.7. The predicted molar refractivity (Wildman–Crippen MR) is 147 cm³/mol. The molecule has 14 nitrogen and oxygen atoms in total. The zero-order valence-corrected chi connectivity index (χ0v) is 23.5. The van der Waals surface area contributed by atoms with Crippen molar-refractivity contribution in [3.8, 4) is 5.75 Å². The van der Waals surface area contributed by atoms with Crippen LogP contribution in [0.2, 0.25) is 0 Å². The first kappa shape index (κ1) is 30.1. The Hall–Kier alpha value is -3.85. The van der Waals surface area contributed by atoms with Gasteiger partial charge in [-0.2, -0.15) is 0 Å². The molecule has 0 saturated heterocycles. The van der Waals surface area contributed by atoms with E-state index in [0.717, 1.165) is 0 Å². The lowest BCUT2D eigenvalue weighted by molar-refractivity contribution is -0.170. The molecule has 0 bridgehead atoms. The number of ketones is 1. The number of Topliss-reactive ketones (excluding diaryl/α,β-unsaturated/α-hetero) is 1. The molecule has 1 aromatic carbocycles. The van der Waals surface area contributed by atoms with Crippen molar-refractivity contribution in [2.24, 2.45) is 17.6 Å². The zero-order valence-electron chi connectivity index (χ0n) is 22.7. The molecular weight excluding hydrogens is 562 g/mol. The second-order valence-electron chi connectivity index (χ2n) is 10.8. The highest BCUT2D eigenvalue weighted by Gasteiger charge is 2.64. The molecule has 1 saturated carbocycles. The number of nitrogens with two attached hydrogens (primary N) is 1. The van der Waals surface area contributed by atoms with Crippen molar-refractivity contribution in [3.63, 3.8) is 0 Å². The standard InChI is InChI=1S/C26H32ClN5O9/c1-31(2)13-7-12(29-25(40)30-14(33)8-27)19(34)16-10(13)5-9-6-11-18(32(3)4)21(36)17(24(28)39)23(38)26(11,41)22(37)15(9)20(16)35/h7,9,11,18,23,34-36,38,41H,5-6,8H2,1-4H3,(H2,28,39)(H2,29,30,33,40)/t9-,11-,18-,23?,26-/m0/s1. The summed E-state index contributed by atoms with van der Waals surface area (Å²) < 4.78 is 0. The molecule has 222 valence electrons. The van der Waals surface area contributed by atoms with Crippen molar-refractivity contribution in [1.82, 2.24) is 10.2 Å². The maximum Gasteiger partial charge on any atom is 0.326 e. The smallest absolute Gasteiger partial charge is 0.326 e. The Labute approximate surface area is 239 Å². The first-order chi connectivity index (χ1) is 19.1. The molecule has 0 aliphatic heterocycles. The number of carbonyl (C=O) groups excluding carboxylic acids is 4. The van der Waals surface area contributed by atoms with Crippen LogP contribution in [0.15, 0.2) is 23.0 Å². The lowest BCUT2D eigenvalue weighted by Gasteiger charge is -2.53. The maximum atomic E-state index is 14.0. The average Bonchev–Trinajstić information content (AvgIpc) is 2.87. The Balaban J connectivity index is 1.90. The molecule has 1 fully saturated rings. The number of carbonyl (C=O) groups is 4. The molecule has 3 aliphatic carbocycles. The summed E-state index contributed by atoms with van der Waals surface area (Å²) in [6.45, 7) is 0. The van der Waals surface area contributed by atoms with Crippen LogP contribution in [0.3, 0.4) is 0 Å². The summed E-state index contributed by atoms with van der Waals surface area (Å²) in [5.41, 5.74) is 2.22. The number of hydrogen-bond donors (Lipinski definition) is 8. The van der Waals surface area contributed by atoms with E-state index in [-0.39, 0.29) is 29.7 Å². The Morgan fingerprint density at radius 2 is 1.80 bits per heavy atom. The number of primary amides is 1. The highest BCUT2D eigenvalue weighted by atomic mass is 35.5. The van der Waals surface area contributed by atoms with Gasteiger partial charge in [0.15, 0.2) is 17.1 Å². The molecule has 0 radical (unpaired) electrons. The van der Waals surface area contributed by atoms with E-state index >= 15 is 0 Å². The monoisotopic (exact) mass is 593 g/mol. The lowest BCUT2D eigenvalue weighted by atomic mass is 9.56. The summed E-state index contributed by atoms with van der Waals surface area (Å²) in [5.74, 6) is -7.30. The number of rotatable bonds is 5. The van der Waals surface area contributed by atoms with E-state index in [9.17, 15) is 44.7 Å². The Kier molecular flexibility index (Phi) is 7.73. The topological polar surface area (TPSA) is 226 Å². The summed E-state index contributed by atoms with van der Waals surface area (Å²) in [5, 5.41) is 60.6. The third kappa shape index (κ3) is 4.56. The van der Waals surface area contributed by atoms with Gasteiger partial charge in [0.25, 0.3) is 5.91 Å². The normalized spacial score (nSPS) is 27.2. The number of likely N-dealkylation sites (N-methyl/N-ethyl adjacent to an activating group) is 1. The van der Waals surface area contributed by atoms with Crippen LogP contribution in [-0.4, -0.2) is 106 Å². The van der Waals surface area contributed by atoms with E-state index in [2.05, 4.69) is 5.32 Å². The van der Waals surface area contributed by atoms with Crippen LogP contribution < -0.4 is 21.3 Å².